The lowest BCUT2D eigenvalue weighted by molar-refractivity contribution is -0.155. The lowest BCUT2D eigenvalue weighted by atomic mass is 9.75. The van der Waals surface area contributed by atoms with Gasteiger partial charge in [0.15, 0.2) is 0 Å². The number of rotatable bonds is 13. The molecule has 6 nitrogen and oxygen atoms in total. The standard InChI is InChI=1S/C20H30O4.C13H15NO/c1-5-16(15(2)22)13-18(17-9-7-6-8-10-17)14-20(3,4)19(23)24-12-11-21;1-10(2)11-6-5-7-12(8-11)13(3,4)14-9-15/h6-10,16,18,21H,5,11-14H2,1-4H3;5-8H,1H2,2-4H3. The van der Waals surface area contributed by atoms with Gasteiger partial charge in [0.05, 0.1) is 17.6 Å². The number of nitrogens with zero attached hydrogens (tertiary/aromatic N) is 1. The van der Waals surface area contributed by atoms with E-state index in [1.54, 1.807) is 13.0 Å². The van der Waals surface area contributed by atoms with Gasteiger partial charge in [-0.15, -0.1) is 0 Å². The van der Waals surface area contributed by atoms with Crippen molar-refractivity contribution in [1.82, 2.24) is 0 Å². The van der Waals surface area contributed by atoms with E-state index in [9.17, 15) is 14.4 Å². The van der Waals surface area contributed by atoms with Gasteiger partial charge in [-0.3, -0.25) is 9.59 Å². The summed E-state index contributed by atoms with van der Waals surface area (Å²) in [6.45, 7) is 16.8. The number of carbonyl (C=O) groups is 2. The van der Waals surface area contributed by atoms with E-state index in [4.69, 9.17) is 9.84 Å². The smallest absolute Gasteiger partial charge is 0.311 e. The summed E-state index contributed by atoms with van der Waals surface area (Å²) in [6.07, 6.45) is 3.74. The largest absolute Gasteiger partial charge is 0.463 e. The molecule has 0 saturated carbocycles. The number of isocyanates is 1. The molecule has 212 valence electrons. The number of allylic oxidation sites excluding steroid dienone is 1. The van der Waals surface area contributed by atoms with E-state index in [0.717, 1.165) is 35.1 Å². The van der Waals surface area contributed by atoms with Gasteiger partial charge in [-0.1, -0.05) is 67.6 Å². The third kappa shape index (κ3) is 11.1. The zero-order chi connectivity index (χ0) is 29.6. The molecule has 2 atom stereocenters. The number of hydrogen-bond acceptors (Lipinski definition) is 6. The first-order valence-electron chi connectivity index (χ1n) is 13.5. The molecule has 0 bridgehead atoms. The highest BCUT2D eigenvalue weighted by Crippen LogP contribution is 2.37. The number of aliphatic imine (C=N–C) groups is 1. The number of ketones is 1. The fourth-order valence-corrected chi connectivity index (χ4v) is 4.40. The van der Waals surface area contributed by atoms with Gasteiger partial charge in [0.1, 0.15) is 12.4 Å². The highest BCUT2D eigenvalue weighted by atomic mass is 16.5. The quantitative estimate of drug-likeness (QED) is 0.169. The minimum atomic E-state index is -0.676. The van der Waals surface area contributed by atoms with Crippen LogP contribution in [0.1, 0.15) is 90.3 Å². The predicted molar refractivity (Wildman–Crippen MR) is 157 cm³/mol. The molecule has 0 saturated heterocycles. The topological polar surface area (TPSA) is 93.0 Å². The maximum absolute atomic E-state index is 12.3. The second-order valence-electron chi connectivity index (χ2n) is 11.1. The van der Waals surface area contributed by atoms with E-state index in [1.807, 2.05) is 96.1 Å². The number of aliphatic hydroxyl groups excluding tert-OH is 1. The zero-order valence-electron chi connectivity index (χ0n) is 24.6. The van der Waals surface area contributed by atoms with Crippen LogP contribution in [-0.4, -0.2) is 36.2 Å². The first kappa shape index (κ1) is 33.7. The van der Waals surface area contributed by atoms with Crippen molar-refractivity contribution in [2.24, 2.45) is 16.3 Å². The number of Topliss-reactive ketones (excluding diaryl/α,β-unsaturated/α-hetero) is 1. The fraction of sp³-hybridized carbons (Fsp3) is 0.485. The molecule has 0 heterocycles. The van der Waals surface area contributed by atoms with Crippen LogP contribution in [0.4, 0.5) is 0 Å². The van der Waals surface area contributed by atoms with E-state index in [0.29, 0.717) is 6.42 Å². The number of hydrogen-bond donors (Lipinski definition) is 1. The molecule has 39 heavy (non-hydrogen) atoms. The van der Waals surface area contributed by atoms with Crippen LogP contribution < -0.4 is 0 Å². The predicted octanol–water partition coefficient (Wildman–Crippen LogP) is 7.02. The van der Waals surface area contributed by atoms with Crippen molar-refractivity contribution in [1.29, 1.82) is 0 Å². The second-order valence-corrected chi connectivity index (χ2v) is 11.1. The van der Waals surface area contributed by atoms with Gasteiger partial charge >= 0.3 is 5.97 Å². The van der Waals surface area contributed by atoms with Gasteiger partial charge in [-0.25, -0.2) is 4.79 Å². The Morgan fingerprint density at radius 1 is 1.05 bits per heavy atom. The molecule has 0 spiro atoms. The maximum Gasteiger partial charge on any atom is 0.311 e. The Hall–Kier alpha value is -3.34. The lowest BCUT2D eigenvalue weighted by Crippen LogP contribution is -2.30. The van der Waals surface area contributed by atoms with Crippen molar-refractivity contribution in [3.8, 4) is 0 Å². The lowest BCUT2D eigenvalue weighted by Gasteiger charge is -2.30. The first-order chi connectivity index (χ1) is 18.3. The van der Waals surface area contributed by atoms with Crippen LogP contribution >= 0.6 is 0 Å². The van der Waals surface area contributed by atoms with Crippen LogP contribution in [0.25, 0.3) is 5.57 Å². The van der Waals surface area contributed by atoms with E-state index >= 15 is 0 Å². The Morgan fingerprint density at radius 3 is 2.21 bits per heavy atom. The highest BCUT2D eigenvalue weighted by Gasteiger charge is 2.34. The first-order valence-corrected chi connectivity index (χ1v) is 13.5. The normalized spacial score (nSPS) is 12.7. The van der Waals surface area contributed by atoms with Crippen LogP contribution in [0.2, 0.25) is 0 Å². The number of benzene rings is 2. The fourth-order valence-electron chi connectivity index (χ4n) is 4.40. The van der Waals surface area contributed by atoms with Gasteiger partial charge in [0.2, 0.25) is 6.08 Å². The molecule has 0 radical (unpaired) electrons. The molecule has 2 unspecified atom stereocenters. The minimum Gasteiger partial charge on any atom is -0.463 e. The number of esters is 1. The SMILES string of the molecule is C=C(C)c1cccc(C(C)(C)N=C=O)c1.CCC(CC(CC(C)(C)C(=O)OCCO)c1ccccc1)C(C)=O. The average Bonchev–Trinajstić information content (AvgIpc) is 2.90. The van der Waals surface area contributed by atoms with E-state index < -0.39 is 11.0 Å². The van der Waals surface area contributed by atoms with Crippen LogP contribution in [0, 0.1) is 11.3 Å². The number of aliphatic hydroxyl groups is 1. The van der Waals surface area contributed by atoms with Crippen molar-refractivity contribution < 1.29 is 24.2 Å². The summed E-state index contributed by atoms with van der Waals surface area (Å²) < 4.78 is 5.12. The third-order valence-electron chi connectivity index (χ3n) is 6.93. The molecule has 0 aromatic heterocycles. The van der Waals surface area contributed by atoms with Crippen molar-refractivity contribution >= 4 is 23.4 Å². The molecule has 0 aliphatic heterocycles. The average molecular weight is 536 g/mol. The molecule has 6 heteroatoms. The second kappa shape index (κ2) is 15.9. The zero-order valence-corrected chi connectivity index (χ0v) is 24.6. The minimum absolute atomic E-state index is 0.000492. The molecule has 0 aliphatic rings. The molecule has 0 amide bonds. The summed E-state index contributed by atoms with van der Waals surface area (Å²) in [5.74, 6) is -0.0105. The van der Waals surface area contributed by atoms with E-state index in [-0.39, 0.29) is 36.8 Å². The van der Waals surface area contributed by atoms with Gasteiger partial charge < -0.3 is 9.84 Å². The van der Waals surface area contributed by atoms with Crippen molar-refractivity contribution in [3.05, 3.63) is 77.9 Å². The molecule has 2 rings (SSSR count). The molecule has 0 aliphatic carbocycles. The molecule has 1 N–H and O–H groups in total. The Balaban J connectivity index is 0.000000434. The molecule has 2 aromatic carbocycles. The van der Waals surface area contributed by atoms with Crippen molar-refractivity contribution in [3.63, 3.8) is 0 Å². The molecule has 0 fully saturated rings. The third-order valence-corrected chi connectivity index (χ3v) is 6.93. The molecule has 2 aromatic rings. The Bertz CT molecular complexity index is 1130. The van der Waals surface area contributed by atoms with Gasteiger partial charge in [-0.05, 0) is 89.5 Å². The summed E-state index contributed by atoms with van der Waals surface area (Å²) in [7, 11) is 0. The number of ether oxygens (including phenoxy) is 1. The Labute approximate surface area is 234 Å². The van der Waals surface area contributed by atoms with Gasteiger partial charge in [0.25, 0.3) is 0 Å². The van der Waals surface area contributed by atoms with Gasteiger partial charge in [0, 0.05) is 5.92 Å². The number of carbonyl (C=O) groups excluding carboxylic acids is 3. The van der Waals surface area contributed by atoms with E-state index in [2.05, 4.69) is 11.6 Å². The van der Waals surface area contributed by atoms with E-state index in [1.165, 1.54) is 0 Å². The Kier molecular flexibility index (Phi) is 13.8. The van der Waals surface area contributed by atoms with Crippen molar-refractivity contribution in [2.45, 2.75) is 79.2 Å². The summed E-state index contributed by atoms with van der Waals surface area (Å²) in [5, 5.41) is 8.84. The summed E-state index contributed by atoms with van der Waals surface area (Å²) >= 11 is 0. The maximum atomic E-state index is 12.3. The van der Waals surface area contributed by atoms with Crippen LogP contribution in [0.15, 0.2) is 66.2 Å². The van der Waals surface area contributed by atoms with Crippen LogP contribution in [0.3, 0.4) is 0 Å². The van der Waals surface area contributed by atoms with Crippen LogP contribution in [0.5, 0.6) is 0 Å². The van der Waals surface area contributed by atoms with Gasteiger partial charge in [-0.2, -0.15) is 4.99 Å². The van der Waals surface area contributed by atoms with Crippen molar-refractivity contribution in [2.75, 3.05) is 13.2 Å². The highest BCUT2D eigenvalue weighted by molar-refractivity contribution is 5.78. The molecular weight excluding hydrogens is 490 g/mol. The summed E-state index contributed by atoms with van der Waals surface area (Å²) in [5.41, 5.74) is 3.01. The monoisotopic (exact) mass is 535 g/mol. The summed E-state index contributed by atoms with van der Waals surface area (Å²) in [4.78, 5) is 38.2. The molecular formula is C33H45NO5. The van der Waals surface area contributed by atoms with Crippen LogP contribution in [-0.2, 0) is 24.7 Å². The Morgan fingerprint density at radius 2 is 1.69 bits per heavy atom. The summed E-state index contributed by atoms with van der Waals surface area (Å²) in [6, 6.07) is 17.9.